The van der Waals surface area contributed by atoms with Gasteiger partial charge in [0.25, 0.3) is 0 Å². The zero-order valence-corrected chi connectivity index (χ0v) is 13.7. The highest BCUT2D eigenvalue weighted by molar-refractivity contribution is 6.31. The maximum Gasteiger partial charge on any atom is 0.122 e. The zero-order chi connectivity index (χ0) is 16.2. The minimum absolute atomic E-state index is 0.243. The van der Waals surface area contributed by atoms with Crippen molar-refractivity contribution in [1.82, 2.24) is 0 Å². The van der Waals surface area contributed by atoms with Gasteiger partial charge in [-0.3, -0.25) is 0 Å². The quantitative estimate of drug-likeness (QED) is 0.555. The Morgan fingerprint density at radius 2 is 1.17 bits per heavy atom. The van der Waals surface area contributed by atoms with Gasteiger partial charge in [-0.15, -0.1) is 0 Å². The molecule has 0 aromatic heterocycles. The lowest BCUT2D eigenvalue weighted by atomic mass is 9.95. The molecule has 0 aliphatic heterocycles. The van der Waals surface area contributed by atoms with Crippen molar-refractivity contribution in [2.45, 2.75) is 0 Å². The molecule has 3 heteroatoms. The van der Waals surface area contributed by atoms with E-state index in [0.717, 1.165) is 22.3 Å². The number of phenols is 1. The van der Waals surface area contributed by atoms with Crippen LogP contribution in [0.25, 0.3) is 11.6 Å². The molecule has 3 rings (SSSR count). The summed E-state index contributed by atoms with van der Waals surface area (Å²) in [5, 5.41) is 11.4. The van der Waals surface area contributed by atoms with Gasteiger partial charge in [-0.1, -0.05) is 65.7 Å². The zero-order valence-electron chi connectivity index (χ0n) is 12.2. The minimum Gasteiger partial charge on any atom is -0.507 e. The van der Waals surface area contributed by atoms with Gasteiger partial charge in [0.2, 0.25) is 0 Å². The molecule has 3 aromatic carbocycles. The van der Waals surface area contributed by atoms with E-state index in [-0.39, 0.29) is 5.75 Å². The maximum absolute atomic E-state index is 10.1. The van der Waals surface area contributed by atoms with Crippen molar-refractivity contribution in [2.24, 2.45) is 0 Å². The summed E-state index contributed by atoms with van der Waals surface area (Å²) in [6.07, 6.45) is 1.96. The van der Waals surface area contributed by atoms with Gasteiger partial charge in [-0.05, 0) is 53.1 Å². The van der Waals surface area contributed by atoms with Gasteiger partial charge in [0.1, 0.15) is 5.75 Å². The van der Waals surface area contributed by atoms with Crippen LogP contribution in [-0.2, 0) is 0 Å². The van der Waals surface area contributed by atoms with Gasteiger partial charge in [0, 0.05) is 15.6 Å². The van der Waals surface area contributed by atoms with Crippen molar-refractivity contribution in [3.05, 3.63) is 99.5 Å². The number of hydrogen-bond acceptors (Lipinski definition) is 1. The topological polar surface area (TPSA) is 20.2 Å². The Balaban J connectivity index is 2.15. The first kappa shape index (κ1) is 15.7. The predicted octanol–water partition coefficient (Wildman–Crippen LogP) is 6.29. The van der Waals surface area contributed by atoms with E-state index in [2.05, 4.69) is 0 Å². The first-order chi connectivity index (χ1) is 11.1. The minimum atomic E-state index is 0.243. The summed E-state index contributed by atoms with van der Waals surface area (Å²) in [6, 6.07) is 22.5. The monoisotopic (exact) mass is 340 g/mol. The van der Waals surface area contributed by atoms with Crippen LogP contribution in [0.2, 0.25) is 10.0 Å². The average Bonchev–Trinajstić information content (AvgIpc) is 2.56. The van der Waals surface area contributed by atoms with Crippen molar-refractivity contribution >= 4 is 34.9 Å². The van der Waals surface area contributed by atoms with E-state index < -0.39 is 0 Å². The molecule has 0 saturated heterocycles. The van der Waals surface area contributed by atoms with Gasteiger partial charge in [0.15, 0.2) is 0 Å². The van der Waals surface area contributed by atoms with Gasteiger partial charge in [-0.2, -0.15) is 0 Å². The Hall–Kier alpha value is -2.22. The normalized spacial score (nSPS) is 10.3. The SMILES string of the molecule is Oc1ccccc1C=C(c1ccc(Cl)cc1)c1ccc(Cl)cc1. The highest BCUT2D eigenvalue weighted by atomic mass is 35.5. The van der Waals surface area contributed by atoms with Gasteiger partial charge in [0.05, 0.1) is 0 Å². The molecule has 0 bridgehead atoms. The molecule has 1 nitrogen and oxygen atoms in total. The van der Waals surface area contributed by atoms with E-state index in [4.69, 9.17) is 23.2 Å². The van der Waals surface area contributed by atoms with Gasteiger partial charge >= 0.3 is 0 Å². The van der Waals surface area contributed by atoms with Crippen LogP contribution in [0.1, 0.15) is 16.7 Å². The second-order valence-electron chi connectivity index (χ2n) is 5.13. The summed E-state index contributed by atoms with van der Waals surface area (Å²) in [4.78, 5) is 0. The second-order valence-corrected chi connectivity index (χ2v) is 6.00. The summed E-state index contributed by atoms with van der Waals surface area (Å²) in [6.45, 7) is 0. The summed E-state index contributed by atoms with van der Waals surface area (Å²) >= 11 is 12.0. The van der Waals surface area contributed by atoms with Crippen LogP contribution in [0.4, 0.5) is 0 Å². The molecule has 0 spiro atoms. The van der Waals surface area contributed by atoms with Crippen LogP contribution in [0, 0.1) is 0 Å². The van der Waals surface area contributed by atoms with E-state index in [1.54, 1.807) is 12.1 Å². The Kier molecular flexibility index (Phi) is 4.71. The Labute approximate surface area is 145 Å². The summed E-state index contributed by atoms with van der Waals surface area (Å²) in [5.41, 5.74) is 3.77. The van der Waals surface area contributed by atoms with Crippen LogP contribution in [-0.4, -0.2) is 5.11 Å². The molecule has 23 heavy (non-hydrogen) atoms. The molecule has 114 valence electrons. The number of benzene rings is 3. The highest BCUT2D eigenvalue weighted by Crippen LogP contribution is 2.30. The lowest BCUT2D eigenvalue weighted by molar-refractivity contribution is 0.474. The van der Waals surface area contributed by atoms with Crippen molar-refractivity contribution in [2.75, 3.05) is 0 Å². The van der Waals surface area contributed by atoms with Crippen LogP contribution >= 0.6 is 23.2 Å². The lowest BCUT2D eigenvalue weighted by Gasteiger charge is -2.10. The third-order valence-corrected chi connectivity index (χ3v) is 4.05. The van der Waals surface area contributed by atoms with Crippen LogP contribution in [0.3, 0.4) is 0 Å². The average molecular weight is 341 g/mol. The number of halogens is 2. The molecule has 0 saturated carbocycles. The van der Waals surface area contributed by atoms with Gasteiger partial charge < -0.3 is 5.11 Å². The van der Waals surface area contributed by atoms with E-state index in [1.807, 2.05) is 66.7 Å². The van der Waals surface area contributed by atoms with Crippen molar-refractivity contribution in [3.8, 4) is 5.75 Å². The van der Waals surface area contributed by atoms with Gasteiger partial charge in [-0.25, -0.2) is 0 Å². The first-order valence-corrected chi connectivity index (χ1v) is 7.90. The Morgan fingerprint density at radius 1 is 0.696 bits per heavy atom. The molecule has 0 atom stereocenters. The Morgan fingerprint density at radius 3 is 1.65 bits per heavy atom. The molecule has 0 radical (unpaired) electrons. The molecule has 0 unspecified atom stereocenters. The lowest BCUT2D eigenvalue weighted by Crippen LogP contribution is -1.88. The molecule has 1 N–H and O–H groups in total. The van der Waals surface area contributed by atoms with E-state index >= 15 is 0 Å². The predicted molar refractivity (Wildman–Crippen MR) is 98.0 cm³/mol. The molecule has 0 fully saturated rings. The highest BCUT2D eigenvalue weighted by Gasteiger charge is 2.07. The van der Waals surface area contributed by atoms with Crippen molar-refractivity contribution < 1.29 is 5.11 Å². The largest absolute Gasteiger partial charge is 0.507 e. The second kappa shape index (κ2) is 6.91. The van der Waals surface area contributed by atoms with Crippen LogP contribution in [0.15, 0.2) is 72.8 Å². The van der Waals surface area contributed by atoms with Crippen LogP contribution < -0.4 is 0 Å². The number of rotatable bonds is 3. The summed E-state index contributed by atoms with van der Waals surface area (Å²) in [5.74, 6) is 0.243. The molecule has 0 aliphatic carbocycles. The van der Waals surface area contributed by atoms with E-state index in [0.29, 0.717) is 10.0 Å². The third kappa shape index (κ3) is 3.76. The molecule has 3 aromatic rings. The Bertz CT molecular complexity index is 787. The standard InChI is InChI=1S/C20H14Cl2O/c21-17-9-5-14(6-10-17)19(15-7-11-18(22)12-8-15)13-16-3-1-2-4-20(16)23/h1-13,23H. The molecular weight excluding hydrogens is 327 g/mol. The fourth-order valence-corrected chi connectivity index (χ4v) is 2.61. The summed E-state index contributed by atoms with van der Waals surface area (Å²) < 4.78 is 0. The molecule has 0 aliphatic rings. The number of hydrogen-bond donors (Lipinski definition) is 1. The third-order valence-electron chi connectivity index (χ3n) is 3.55. The fraction of sp³-hybridized carbons (Fsp3) is 0. The molecule has 0 amide bonds. The molecule has 0 heterocycles. The van der Waals surface area contributed by atoms with E-state index in [9.17, 15) is 5.11 Å². The van der Waals surface area contributed by atoms with Crippen molar-refractivity contribution in [1.29, 1.82) is 0 Å². The first-order valence-electron chi connectivity index (χ1n) is 7.15. The van der Waals surface area contributed by atoms with Crippen LogP contribution in [0.5, 0.6) is 5.75 Å². The molecular formula is C20H14Cl2O. The van der Waals surface area contributed by atoms with Crippen molar-refractivity contribution in [3.63, 3.8) is 0 Å². The number of para-hydroxylation sites is 1. The smallest absolute Gasteiger partial charge is 0.122 e. The summed E-state index contributed by atoms with van der Waals surface area (Å²) in [7, 11) is 0. The number of aromatic hydroxyl groups is 1. The number of phenolic OH excluding ortho intramolecular Hbond substituents is 1. The van der Waals surface area contributed by atoms with E-state index in [1.165, 1.54) is 0 Å². The fourth-order valence-electron chi connectivity index (χ4n) is 2.36. The maximum atomic E-state index is 10.1.